The molecule has 1 amide bonds. The van der Waals surface area contributed by atoms with Crippen molar-refractivity contribution in [2.24, 2.45) is 28.8 Å². The molecule has 2 aliphatic heterocycles. The summed E-state index contributed by atoms with van der Waals surface area (Å²) in [5, 5.41) is 24.6. The Morgan fingerprint density at radius 1 is 1.07 bits per heavy atom. The van der Waals surface area contributed by atoms with Crippen LogP contribution in [0.3, 0.4) is 0 Å². The van der Waals surface area contributed by atoms with Crippen LogP contribution in [0.25, 0.3) is 0 Å². The first kappa shape index (κ1) is 39.5. The Hall–Kier alpha value is -3.77. The van der Waals surface area contributed by atoms with E-state index in [1.54, 1.807) is 24.3 Å². The van der Waals surface area contributed by atoms with Crippen LogP contribution in [0, 0.1) is 29.5 Å². The first-order chi connectivity index (χ1) is 26.9. The molecule has 3 fully saturated rings. The van der Waals surface area contributed by atoms with Gasteiger partial charge in [-0.15, -0.1) is 6.58 Å². The molecule has 2 aromatic rings. The van der Waals surface area contributed by atoms with Gasteiger partial charge in [0, 0.05) is 56.1 Å². The van der Waals surface area contributed by atoms with Crippen molar-refractivity contribution in [3.8, 4) is 11.5 Å². The lowest BCUT2D eigenvalue weighted by Crippen LogP contribution is -2.69. The van der Waals surface area contributed by atoms with Gasteiger partial charge in [0.25, 0.3) is 0 Å². The normalized spacial score (nSPS) is 29.0. The van der Waals surface area contributed by atoms with E-state index in [1.165, 1.54) is 6.07 Å². The van der Waals surface area contributed by atoms with Crippen molar-refractivity contribution >= 4 is 11.6 Å². The average molecular weight is 761 g/mol. The molecule has 11 heteroatoms. The number of aliphatic hydroxyl groups is 2. The Labute approximate surface area is 324 Å². The minimum absolute atomic E-state index is 0.0278. The molecule has 2 aromatic carbocycles. The first-order valence-corrected chi connectivity index (χ1v) is 20.4. The standard InChI is InChI=1S/C44H57FN2O8/c1-3-23-53-44-39(47(2)43(50)29-17-18-29)27-37(46-55-40-16-8-11-24-51-40)34-25-30(12-6-9-21-48)33(14-7-10-22-49)41(42(34)44)35-26-32(19-20-38(35)54-44)52-28-31-13-4-5-15-36(31)45/h3-5,13,15,19-20,25-26,29-30,33,39-42,48-49H,1,6-12,14,16-18,21-24,27-28H2,2H3. The second-order valence-corrected chi connectivity index (χ2v) is 15.8. The zero-order valence-electron chi connectivity index (χ0n) is 32.1. The maximum Gasteiger partial charge on any atom is 0.239 e. The van der Waals surface area contributed by atoms with Gasteiger partial charge in [-0.25, -0.2) is 4.39 Å². The number of oxime groups is 1. The van der Waals surface area contributed by atoms with Crippen molar-refractivity contribution < 1.29 is 43.2 Å². The predicted molar refractivity (Wildman–Crippen MR) is 206 cm³/mol. The van der Waals surface area contributed by atoms with Crippen LogP contribution >= 0.6 is 0 Å². The maximum atomic E-state index is 14.6. The summed E-state index contributed by atoms with van der Waals surface area (Å²) in [7, 11) is 1.86. The van der Waals surface area contributed by atoms with Gasteiger partial charge in [-0.3, -0.25) is 4.79 Å². The Kier molecular flexibility index (Phi) is 12.9. The van der Waals surface area contributed by atoms with E-state index >= 15 is 0 Å². The van der Waals surface area contributed by atoms with Crippen molar-refractivity contribution in [1.82, 2.24) is 4.90 Å². The highest BCUT2D eigenvalue weighted by molar-refractivity contribution is 6.03. The fraction of sp³-hybridized carbons (Fsp3) is 0.591. The third-order valence-corrected chi connectivity index (χ3v) is 12.2. The molecule has 5 aliphatic rings. The number of benzene rings is 2. The molecule has 0 bridgehead atoms. The summed E-state index contributed by atoms with van der Waals surface area (Å²) >= 11 is 0. The lowest BCUT2D eigenvalue weighted by molar-refractivity contribution is -0.256. The molecule has 2 saturated carbocycles. The molecule has 55 heavy (non-hydrogen) atoms. The molecule has 2 N–H and O–H groups in total. The zero-order valence-corrected chi connectivity index (χ0v) is 32.1. The lowest BCUT2D eigenvalue weighted by Gasteiger charge is -2.59. The summed E-state index contributed by atoms with van der Waals surface area (Å²) < 4.78 is 41.0. The molecule has 3 aliphatic carbocycles. The van der Waals surface area contributed by atoms with Crippen LogP contribution in [-0.4, -0.2) is 78.3 Å². The van der Waals surface area contributed by atoms with Gasteiger partial charge in [0.1, 0.15) is 30.0 Å². The molecule has 298 valence electrons. The highest BCUT2D eigenvalue weighted by atomic mass is 19.1. The van der Waals surface area contributed by atoms with E-state index in [0.29, 0.717) is 42.9 Å². The second kappa shape index (κ2) is 18.0. The van der Waals surface area contributed by atoms with Crippen molar-refractivity contribution in [3.05, 3.63) is 83.7 Å². The SMILES string of the molecule is C=CCOC12Oc3ccc(OCc4ccccc4F)cc3C3C(CCCCO)C(CCCCO)C=C(C(=NOC4CCCCO4)CC1N(C)C(=O)C1CC1)C32. The quantitative estimate of drug-likeness (QED) is 0.0916. The number of carbonyl (C=O) groups excluding carboxylic acids is 1. The van der Waals surface area contributed by atoms with Crippen LogP contribution in [-0.2, 0) is 25.7 Å². The van der Waals surface area contributed by atoms with Crippen LogP contribution < -0.4 is 9.47 Å². The fourth-order valence-electron chi connectivity index (χ4n) is 9.28. The van der Waals surface area contributed by atoms with Crippen molar-refractivity contribution in [1.29, 1.82) is 0 Å². The van der Waals surface area contributed by atoms with Gasteiger partial charge in [-0.2, -0.15) is 0 Å². The number of aliphatic hydroxyl groups excluding tert-OH is 2. The molecule has 2 heterocycles. The number of ether oxygens (including phenoxy) is 4. The van der Waals surface area contributed by atoms with E-state index in [-0.39, 0.29) is 61.8 Å². The van der Waals surface area contributed by atoms with Crippen molar-refractivity contribution in [2.45, 2.75) is 108 Å². The van der Waals surface area contributed by atoms with Gasteiger partial charge in [-0.1, -0.05) is 48.3 Å². The molecule has 7 unspecified atom stereocenters. The van der Waals surface area contributed by atoms with Crippen molar-refractivity contribution in [2.75, 3.05) is 33.5 Å². The number of unbranched alkanes of at least 4 members (excludes halogenated alkanes) is 2. The number of rotatable bonds is 18. The summed E-state index contributed by atoms with van der Waals surface area (Å²) in [4.78, 5) is 22.0. The minimum Gasteiger partial charge on any atom is -0.489 e. The monoisotopic (exact) mass is 760 g/mol. The first-order valence-electron chi connectivity index (χ1n) is 20.4. The Balaban J connectivity index is 1.38. The van der Waals surface area contributed by atoms with Crippen LogP contribution in [0.4, 0.5) is 4.39 Å². The number of hydrogen-bond donors (Lipinski definition) is 2. The van der Waals surface area contributed by atoms with E-state index in [1.807, 2.05) is 30.1 Å². The number of nitrogens with zero attached hydrogens (tertiary/aromatic N) is 2. The Morgan fingerprint density at radius 3 is 2.60 bits per heavy atom. The number of amides is 1. The Morgan fingerprint density at radius 2 is 1.87 bits per heavy atom. The third kappa shape index (κ3) is 8.50. The number of halogens is 1. The molecule has 0 radical (unpaired) electrons. The molecular formula is C44H57FN2O8. The van der Waals surface area contributed by atoms with E-state index in [2.05, 4.69) is 12.7 Å². The van der Waals surface area contributed by atoms with E-state index < -0.39 is 24.0 Å². The summed E-state index contributed by atoms with van der Waals surface area (Å²) in [6.45, 7) is 5.10. The fourth-order valence-corrected chi connectivity index (χ4v) is 9.28. The molecule has 7 rings (SSSR count). The van der Waals surface area contributed by atoms with Gasteiger partial charge in [0.2, 0.25) is 18.0 Å². The van der Waals surface area contributed by atoms with Crippen LogP contribution in [0.1, 0.15) is 94.1 Å². The number of allylic oxidation sites excluding steroid dienone is 1. The van der Waals surface area contributed by atoms with E-state index in [9.17, 15) is 19.4 Å². The predicted octanol–water partition coefficient (Wildman–Crippen LogP) is 7.43. The summed E-state index contributed by atoms with van der Waals surface area (Å²) in [6.07, 6.45) is 13.1. The highest BCUT2D eigenvalue weighted by Gasteiger charge is 2.65. The highest BCUT2D eigenvalue weighted by Crippen LogP contribution is 2.62. The van der Waals surface area contributed by atoms with Crippen LogP contribution in [0.5, 0.6) is 11.5 Å². The zero-order chi connectivity index (χ0) is 38.4. The molecule has 0 spiro atoms. The number of hydrogen-bond acceptors (Lipinski definition) is 9. The van der Waals surface area contributed by atoms with Crippen LogP contribution in [0.2, 0.25) is 0 Å². The molecule has 7 atom stereocenters. The van der Waals surface area contributed by atoms with Gasteiger partial charge in [0.05, 0.1) is 24.8 Å². The largest absolute Gasteiger partial charge is 0.489 e. The van der Waals surface area contributed by atoms with Crippen LogP contribution in [0.15, 0.2) is 71.9 Å². The van der Waals surface area contributed by atoms with Gasteiger partial charge in [0.15, 0.2) is 0 Å². The summed E-state index contributed by atoms with van der Waals surface area (Å²) in [6, 6.07) is 11.8. The maximum absolute atomic E-state index is 14.6. The van der Waals surface area contributed by atoms with Crippen molar-refractivity contribution in [3.63, 3.8) is 0 Å². The molecule has 1 saturated heterocycles. The smallest absolute Gasteiger partial charge is 0.239 e. The topological polar surface area (TPSA) is 119 Å². The number of likely N-dealkylation sites (N-methyl/N-ethyl adjacent to an activating group) is 1. The number of fused-ring (bicyclic) bond motifs is 2. The van der Waals surface area contributed by atoms with Gasteiger partial charge < -0.3 is 38.9 Å². The molecule has 0 aromatic heterocycles. The Bertz CT molecular complexity index is 1710. The second-order valence-electron chi connectivity index (χ2n) is 15.8. The molecular weight excluding hydrogens is 703 g/mol. The molecule has 10 nitrogen and oxygen atoms in total. The minimum atomic E-state index is -1.29. The average Bonchev–Trinajstić information content (AvgIpc) is 4.06. The van der Waals surface area contributed by atoms with E-state index in [4.69, 9.17) is 28.9 Å². The van der Waals surface area contributed by atoms with Gasteiger partial charge in [-0.05, 0) is 93.0 Å². The lowest BCUT2D eigenvalue weighted by atomic mass is 9.55. The third-order valence-electron chi connectivity index (χ3n) is 12.2. The summed E-state index contributed by atoms with van der Waals surface area (Å²) in [5.74, 6) is -0.732. The summed E-state index contributed by atoms with van der Waals surface area (Å²) in [5.41, 5.74) is 3.14. The number of carbonyl (C=O) groups is 1. The van der Waals surface area contributed by atoms with Gasteiger partial charge >= 0.3 is 0 Å². The van der Waals surface area contributed by atoms with E-state index in [0.717, 1.165) is 74.6 Å².